The lowest BCUT2D eigenvalue weighted by molar-refractivity contribution is -0.132. The summed E-state index contributed by atoms with van der Waals surface area (Å²) in [5, 5.41) is 0.0864. The zero-order chi connectivity index (χ0) is 21.1. The van der Waals surface area contributed by atoms with Crippen molar-refractivity contribution in [3.05, 3.63) is 65.1 Å². The number of benzene rings is 2. The Morgan fingerprint density at radius 2 is 1.83 bits per heavy atom. The van der Waals surface area contributed by atoms with E-state index in [4.69, 9.17) is 26.8 Å². The van der Waals surface area contributed by atoms with Crippen molar-refractivity contribution in [2.45, 2.75) is 0 Å². The van der Waals surface area contributed by atoms with Crippen LogP contribution in [0, 0.1) is 5.82 Å². The average molecular weight is 415 g/mol. The number of nitrogens with two attached hydrogens (primary N) is 1. The predicted octanol–water partition coefficient (Wildman–Crippen LogP) is 3.65. The molecule has 0 fully saturated rings. The van der Waals surface area contributed by atoms with E-state index in [0.717, 1.165) is 0 Å². The number of anilines is 1. The summed E-state index contributed by atoms with van der Waals surface area (Å²) >= 11 is 5.92. The molecular weight excluding hydrogens is 399 g/mol. The van der Waals surface area contributed by atoms with Gasteiger partial charge in [0.1, 0.15) is 5.69 Å². The third-order valence-corrected chi connectivity index (χ3v) is 4.31. The predicted molar refractivity (Wildman–Crippen MR) is 109 cm³/mol. The highest BCUT2D eigenvalue weighted by molar-refractivity contribution is 6.44. The van der Waals surface area contributed by atoms with Gasteiger partial charge in [-0.2, -0.15) is 0 Å². The van der Waals surface area contributed by atoms with Crippen LogP contribution in [0.4, 0.5) is 10.2 Å². The number of carbonyl (C=O) groups excluding carboxylic acids is 1. The Morgan fingerprint density at radius 3 is 2.45 bits per heavy atom. The first kappa shape index (κ1) is 20.2. The minimum atomic E-state index is -0.830. The van der Waals surface area contributed by atoms with Crippen molar-refractivity contribution in [1.82, 2.24) is 9.97 Å². The van der Waals surface area contributed by atoms with Crippen LogP contribution in [0.1, 0.15) is 11.3 Å². The summed E-state index contributed by atoms with van der Waals surface area (Å²) in [5.74, 6) is -1.79. The van der Waals surface area contributed by atoms with E-state index in [2.05, 4.69) is 21.5 Å². The second kappa shape index (κ2) is 8.24. The maximum atomic E-state index is 14.7. The molecule has 0 saturated carbocycles. The number of aliphatic imine (C=N–C) groups is 1. The Bertz CT molecular complexity index is 1160. The van der Waals surface area contributed by atoms with Crippen LogP contribution in [0.25, 0.3) is 16.7 Å². The molecule has 2 aromatic carbocycles. The van der Waals surface area contributed by atoms with Gasteiger partial charge in [-0.15, -0.1) is 0 Å². The number of esters is 1. The van der Waals surface area contributed by atoms with Crippen molar-refractivity contribution in [1.29, 1.82) is 0 Å². The molecule has 0 amide bonds. The Hall–Kier alpha value is -3.52. The topological polar surface area (TPSA) is 99.7 Å². The molecule has 3 aromatic rings. The molecule has 148 valence electrons. The molecule has 0 radical (unpaired) electrons. The van der Waals surface area contributed by atoms with Gasteiger partial charge in [0.05, 0.1) is 36.0 Å². The molecule has 1 heterocycles. The summed E-state index contributed by atoms with van der Waals surface area (Å²) in [6, 6.07) is 9.78. The van der Waals surface area contributed by atoms with Crippen molar-refractivity contribution in [3.8, 4) is 5.75 Å². The van der Waals surface area contributed by atoms with Crippen molar-refractivity contribution in [2.75, 3.05) is 20.0 Å². The molecule has 3 rings (SSSR count). The standard InChI is InChI=1S/C20H16ClFN4O3/c1-10(11-8-9-12(21)18(28-2)15(11)22)24-17(20(27)29-3)16-19(23)26-14-7-5-4-6-13(14)25-16/h4-9H,1H2,2-3H3,(H2,23,26)/b24-17+. The summed E-state index contributed by atoms with van der Waals surface area (Å²) in [4.78, 5) is 25.1. The molecule has 0 bridgehead atoms. The van der Waals surface area contributed by atoms with Crippen LogP contribution in [-0.2, 0) is 9.53 Å². The van der Waals surface area contributed by atoms with E-state index in [-0.39, 0.29) is 39.3 Å². The molecule has 7 nitrogen and oxygen atoms in total. The number of carbonyl (C=O) groups is 1. The minimum absolute atomic E-state index is 0.00182. The molecule has 1 aromatic heterocycles. The summed E-state index contributed by atoms with van der Waals surface area (Å²) < 4.78 is 24.5. The van der Waals surface area contributed by atoms with Gasteiger partial charge in [0.2, 0.25) is 0 Å². The van der Waals surface area contributed by atoms with Crippen LogP contribution in [0.5, 0.6) is 5.75 Å². The monoisotopic (exact) mass is 414 g/mol. The van der Waals surface area contributed by atoms with Crippen molar-refractivity contribution < 1.29 is 18.7 Å². The summed E-state index contributed by atoms with van der Waals surface area (Å²) in [5.41, 5.74) is 6.68. The molecule has 0 saturated heterocycles. The summed E-state index contributed by atoms with van der Waals surface area (Å²) in [7, 11) is 2.46. The van der Waals surface area contributed by atoms with Crippen molar-refractivity contribution in [3.63, 3.8) is 0 Å². The zero-order valence-corrected chi connectivity index (χ0v) is 16.3. The summed E-state index contributed by atoms with van der Waals surface area (Å²) in [6.45, 7) is 3.74. The molecule has 29 heavy (non-hydrogen) atoms. The maximum Gasteiger partial charge on any atom is 0.359 e. The van der Waals surface area contributed by atoms with Crippen LogP contribution < -0.4 is 10.5 Å². The Balaban J connectivity index is 2.16. The Kier molecular flexibility index (Phi) is 5.74. The minimum Gasteiger partial charge on any atom is -0.492 e. The molecule has 9 heteroatoms. The molecule has 0 aliphatic carbocycles. The van der Waals surface area contributed by atoms with Crippen LogP contribution >= 0.6 is 11.6 Å². The van der Waals surface area contributed by atoms with Gasteiger partial charge >= 0.3 is 5.97 Å². The van der Waals surface area contributed by atoms with Gasteiger partial charge in [-0.05, 0) is 24.3 Å². The van der Waals surface area contributed by atoms with E-state index in [1.807, 2.05) is 0 Å². The number of hydrogen-bond donors (Lipinski definition) is 1. The first-order valence-corrected chi connectivity index (χ1v) is 8.66. The fourth-order valence-corrected chi connectivity index (χ4v) is 2.84. The Labute approximate surface area is 170 Å². The highest BCUT2D eigenvalue weighted by atomic mass is 35.5. The fourth-order valence-electron chi connectivity index (χ4n) is 2.62. The molecule has 0 atom stereocenters. The molecule has 0 aliphatic rings. The van der Waals surface area contributed by atoms with E-state index in [1.54, 1.807) is 24.3 Å². The first-order chi connectivity index (χ1) is 13.9. The van der Waals surface area contributed by atoms with Gasteiger partial charge in [0.25, 0.3) is 0 Å². The van der Waals surface area contributed by atoms with E-state index < -0.39 is 11.8 Å². The van der Waals surface area contributed by atoms with E-state index in [9.17, 15) is 9.18 Å². The zero-order valence-electron chi connectivity index (χ0n) is 15.6. The number of methoxy groups -OCH3 is 2. The number of halogens is 2. The number of nitrogen functional groups attached to an aromatic ring is 1. The normalized spacial score (nSPS) is 11.4. The fraction of sp³-hybridized carbons (Fsp3) is 0.100. The quantitative estimate of drug-likeness (QED) is 0.505. The molecule has 0 unspecified atom stereocenters. The number of ether oxygens (including phenoxy) is 2. The second-order valence-corrected chi connectivity index (χ2v) is 6.19. The van der Waals surface area contributed by atoms with Gasteiger partial charge in [-0.25, -0.2) is 24.1 Å². The van der Waals surface area contributed by atoms with Crippen LogP contribution in [0.15, 0.2) is 48.0 Å². The molecule has 0 spiro atoms. The van der Waals surface area contributed by atoms with Gasteiger partial charge in [0.15, 0.2) is 23.1 Å². The molecular formula is C20H16ClFN4O3. The second-order valence-electron chi connectivity index (χ2n) is 5.79. The lowest BCUT2D eigenvalue weighted by Crippen LogP contribution is -2.21. The van der Waals surface area contributed by atoms with E-state index in [0.29, 0.717) is 11.0 Å². The molecule has 0 aliphatic heterocycles. The van der Waals surface area contributed by atoms with Crippen LogP contribution in [0.2, 0.25) is 5.02 Å². The lowest BCUT2D eigenvalue weighted by Gasteiger charge is -2.11. The SMILES string of the molecule is C=C(/N=C(/C(=O)OC)c1nc2ccccc2nc1N)c1ccc(Cl)c(OC)c1F. The smallest absolute Gasteiger partial charge is 0.359 e. The van der Waals surface area contributed by atoms with Crippen molar-refractivity contribution >= 4 is 45.8 Å². The number of aromatic nitrogens is 2. The number of hydrogen-bond acceptors (Lipinski definition) is 7. The number of nitrogens with zero attached hydrogens (tertiary/aromatic N) is 3. The van der Waals surface area contributed by atoms with Gasteiger partial charge in [0, 0.05) is 5.56 Å². The first-order valence-electron chi connectivity index (χ1n) is 8.28. The van der Waals surface area contributed by atoms with Crippen LogP contribution in [0.3, 0.4) is 0 Å². The maximum absolute atomic E-state index is 14.7. The number of fused-ring (bicyclic) bond motifs is 1. The van der Waals surface area contributed by atoms with Gasteiger partial charge in [-0.3, -0.25) is 0 Å². The van der Waals surface area contributed by atoms with Gasteiger partial charge in [-0.1, -0.05) is 30.3 Å². The van der Waals surface area contributed by atoms with Gasteiger partial charge < -0.3 is 15.2 Å². The third-order valence-electron chi connectivity index (χ3n) is 4.01. The number of rotatable bonds is 5. The largest absolute Gasteiger partial charge is 0.492 e. The highest BCUT2D eigenvalue weighted by Gasteiger charge is 2.23. The van der Waals surface area contributed by atoms with Crippen molar-refractivity contribution in [2.24, 2.45) is 4.99 Å². The summed E-state index contributed by atoms with van der Waals surface area (Å²) in [6.07, 6.45) is 0. The highest BCUT2D eigenvalue weighted by Crippen LogP contribution is 2.33. The third kappa shape index (κ3) is 3.88. The average Bonchev–Trinajstić information content (AvgIpc) is 2.71. The van der Waals surface area contributed by atoms with E-state index in [1.165, 1.54) is 26.4 Å². The Morgan fingerprint density at radius 1 is 1.17 bits per heavy atom. The van der Waals surface area contributed by atoms with Crippen LogP contribution in [-0.4, -0.2) is 35.9 Å². The van der Waals surface area contributed by atoms with E-state index >= 15 is 0 Å². The molecule has 2 N–H and O–H groups in total. The lowest BCUT2D eigenvalue weighted by atomic mass is 10.1. The number of para-hydroxylation sites is 2.